The summed E-state index contributed by atoms with van der Waals surface area (Å²) in [4.78, 5) is 7.19. The molecule has 14 heterocycles. The van der Waals surface area contributed by atoms with Gasteiger partial charge in [-0.3, -0.25) is 4.90 Å². The van der Waals surface area contributed by atoms with E-state index in [0.717, 1.165) is 136 Å². The second-order valence-electron chi connectivity index (χ2n) is 30.4. The molecule has 14 fully saturated rings. The van der Waals surface area contributed by atoms with Crippen molar-refractivity contribution in [2.45, 2.75) is 215 Å². The number of ether oxygens (including phenoxy) is 4. The number of nitrogens with zero attached hydrogens (tertiary/aromatic N) is 3. The first-order chi connectivity index (χ1) is 51.5. The topological polar surface area (TPSA) is 251 Å². The Morgan fingerprint density at radius 3 is 0.991 bits per heavy atom. The lowest BCUT2D eigenvalue weighted by molar-refractivity contribution is -0.0166. The van der Waals surface area contributed by atoms with Crippen molar-refractivity contribution in [2.75, 3.05) is 304 Å². The van der Waals surface area contributed by atoms with E-state index in [0.29, 0.717) is 37.4 Å². The van der Waals surface area contributed by atoms with Gasteiger partial charge in [-0.15, -0.1) is 0 Å². The molecule has 0 saturated carbocycles. The minimum absolute atomic E-state index is 0.402. The van der Waals surface area contributed by atoms with Crippen LogP contribution in [0, 0.1) is 11.8 Å². The molecular formula is C81H187FN20O4. The van der Waals surface area contributed by atoms with Crippen LogP contribution in [0.15, 0.2) is 0 Å². The average Bonchev–Trinajstić information content (AvgIpc) is 1.88. The number of morpholine rings is 2. The van der Waals surface area contributed by atoms with E-state index in [4.69, 9.17) is 18.9 Å². The molecule has 14 aliphatic rings. The SMILES string of the molecule is C1CCNC1.C1CCNC1.C1CCNCC1.C1CNC1.C1COCCN1.CC(C)N1CCNCC1.CC1(F)CCNC1.CC1CCNC1.CC1CCNC1.CC1CNCC(C)O1.CCCNCCC.CCNCC.CN1CCCNCC1.CN1CCNCC1.CNC.COC1CCNCC1.COC1CNC1. The normalized spacial score (nSPS) is 25.4. The fraction of sp³-hybridized carbons (Fsp3) is 1.00. The minimum atomic E-state index is -0.917. The molecule has 14 saturated heterocycles. The predicted molar refractivity (Wildman–Crippen MR) is 459 cm³/mol. The van der Waals surface area contributed by atoms with E-state index in [2.05, 4.69) is 188 Å². The molecule has 0 bridgehead atoms. The highest BCUT2D eigenvalue weighted by molar-refractivity contribution is 4.83. The standard InChI is InChI=1S/C7H16N2.C6H14N2.2C6H13NO.C6H15N.C5H10FN.C5H12N2.3C5H11N.2C4H9NO.2C4H9N.C4H11N.C3H7N.C2H7N/c1-7(2)9-5-3-8-4-6-9;1-8-5-2-3-7-4-6-8;1-5-3-7-4-6(2)8-5;1-8-6-2-4-7-5-3-6;1-3-5-7-6-4-2;1-5(6)2-3-7-4-5;1-7-4-2-6-3-5-7;2*1-5-2-3-6-4-5;1-2-4-6-5-3-1;1-6-4-2-5-3-4;1-3-6-4-2-5-1;2*1-2-4-5-3-1;1-3-5-4-2;1-2-4-3-1;1-3-2/h7-8H,3-6H2,1-2H3;7H,2-6H2,1H3;5-7H,3-4H2,1-2H3;6-7H,2-5H2,1H3;7H,3-6H2,1-2H3;7H,2-4H2,1H3;6H,2-5H2,1H3;2*5-6H,2-4H2,1H3;6H,1-5H2;4-5H,2-3H2,1H3;5H,1-4H2;2*5H,1-4H2;5H,3-4H2,1-2H3;4H,1-3H2;3H,1-2H3. The van der Waals surface area contributed by atoms with E-state index in [1.54, 1.807) is 21.1 Å². The van der Waals surface area contributed by atoms with Gasteiger partial charge in [-0.25, -0.2) is 4.39 Å². The molecule has 642 valence electrons. The summed E-state index contributed by atoms with van der Waals surface area (Å²) in [6, 6.07) is 0.729. The number of rotatable bonds is 9. The summed E-state index contributed by atoms with van der Waals surface area (Å²) in [5.41, 5.74) is -0.917. The molecule has 106 heavy (non-hydrogen) atoms. The maximum absolute atomic E-state index is 12.5. The van der Waals surface area contributed by atoms with Crippen LogP contribution in [0.2, 0.25) is 0 Å². The van der Waals surface area contributed by atoms with Crippen LogP contribution >= 0.6 is 0 Å². The summed E-state index contributed by atoms with van der Waals surface area (Å²) < 4.78 is 33.1. The number of hydrogen-bond acceptors (Lipinski definition) is 24. The van der Waals surface area contributed by atoms with Crippen molar-refractivity contribution >= 4 is 0 Å². The smallest absolute Gasteiger partial charge is 0.121 e. The highest BCUT2D eigenvalue weighted by atomic mass is 19.1. The molecule has 0 aromatic heterocycles. The van der Waals surface area contributed by atoms with Crippen molar-refractivity contribution in [3.05, 3.63) is 0 Å². The van der Waals surface area contributed by atoms with Crippen molar-refractivity contribution < 1.29 is 23.3 Å². The zero-order chi connectivity index (χ0) is 78.7. The number of alkyl halides is 1. The van der Waals surface area contributed by atoms with Crippen molar-refractivity contribution in [1.82, 2.24) is 105 Å². The second kappa shape index (κ2) is 87.9. The molecule has 5 unspecified atom stereocenters. The lowest BCUT2D eigenvalue weighted by atomic mass is 10.1. The molecule has 0 aromatic carbocycles. The summed E-state index contributed by atoms with van der Waals surface area (Å²) in [5, 5.41) is 54.2. The van der Waals surface area contributed by atoms with Crippen molar-refractivity contribution in [3.63, 3.8) is 0 Å². The number of piperidine rings is 2. The maximum Gasteiger partial charge on any atom is 0.121 e. The highest BCUT2D eigenvalue weighted by Crippen LogP contribution is 2.17. The van der Waals surface area contributed by atoms with E-state index in [-0.39, 0.29) is 0 Å². The third kappa shape index (κ3) is 86.9. The lowest BCUT2D eigenvalue weighted by Crippen LogP contribution is -2.47. The van der Waals surface area contributed by atoms with Crippen LogP contribution in [0.1, 0.15) is 179 Å². The molecule has 0 spiro atoms. The van der Waals surface area contributed by atoms with E-state index in [1.807, 2.05) is 14.1 Å². The first kappa shape index (κ1) is 109. The first-order valence-electron chi connectivity index (χ1n) is 43.5. The zero-order valence-corrected chi connectivity index (χ0v) is 73.0. The molecule has 25 heteroatoms. The van der Waals surface area contributed by atoms with Gasteiger partial charge in [0.1, 0.15) is 5.67 Å². The Balaban J connectivity index is -0.00000107. The van der Waals surface area contributed by atoms with Crippen LogP contribution in [0.4, 0.5) is 4.39 Å². The average molecular weight is 1520 g/mol. The summed E-state index contributed by atoms with van der Waals surface area (Å²) >= 11 is 0. The molecule has 0 radical (unpaired) electrons. The molecule has 5 atom stereocenters. The van der Waals surface area contributed by atoms with Crippen LogP contribution in [0.3, 0.4) is 0 Å². The van der Waals surface area contributed by atoms with Crippen molar-refractivity contribution in [2.24, 2.45) is 11.8 Å². The third-order valence-electron chi connectivity index (χ3n) is 18.8. The van der Waals surface area contributed by atoms with Gasteiger partial charge in [0.05, 0.1) is 37.6 Å². The largest absolute Gasteiger partial charge is 0.381 e. The molecule has 0 amide bonds. The zero-order valence-electron chi connectivity index (χ0n) is 73.0. The van der Waals surface area contributed by atoms with E-state index in [9.17, 15) is 4.39 Å². The van der Waals surface area contributed by atoms with Crippen LogP contribution in [-0.2, 0) is 18.9 Å². The van der Waals surface area contributed by atoms with Gasteiger partial charge in [0.25, 0.3) is 0 Å². The Hall–Kier alpha value is -1.03. The Kier molecular flexibility index (Phi) is 90.5. The summed E-state index contributed by atoms with van der Waals surface area (Å²) in [5.74, 6) is 1.87. The lowest BCUT2D eigenvalue weighted by Gasteiger charge is -2.30. The van der Waals surface area contributed by atoms with Crippen LogP contribution in [0.25, 0.3) is 0 Å². The summed E-state index contributed by atoms with van der Waals surface area (Å²) in [7, 11) is 11.6. The molecule has 14 rings (SSSR count). The van der Waals surface area contributed by atoms with Crippen molar-refractivity contribution in [3.8, 4) is 0 Å². The van der Waals surface area contributed by atoms with E-state index in [1.165, 1.54) is 234 Å². The van der Waals surface area contributed by atoms with Gasteiger partial charge >= 0.3 is 0 Å². The second-order valence-corrected chi connectivity index (χ2v) is 30.4. The van der Waals surface area contributed by atoms with Gasteiger partial charge in [0.15, 0.2) is 0 Å². The summed E-state index contributed by atoms with van der Waals surface area (Å²) in [6.45, 7) is 68.8. The number of halogens is 1. The molecule has 0 aromatic rings. The fourth-order valence-electron chi connectivity index (χ4n) is 11.3. The van der Waals surface area contributed by atoms with Crippen LogP contribution in [-0.4, -0.2) is 355 Å². The minimum Gasteiger partial charge on any atom is -0.381 e. The van der Waals surface area contributed by atoms with Gasteiger partial charge in [-0.1, -0.05) is 48.0 Å². The van der Waals surface area contributed by atoms with Crippen LogP contribution in [0.5, 0.6) is 0 Å². The number of hydrogen-bond donors (Lipinski definition) is 17. The number of likely N-dealkylation sites (N-methyl/N-ethyl adjacent to an activating group) is 2. The molecule has 24 nitrogen and oxygen atoms in total. The fourth-order valence-corrected chi connectivity index (χ4v) is 11.3. The Morgan fingerprint density at radius 1 is 0.415 bits per heavy atom. The Labute approximate surface area is 656 Å². The number of methoxy groups -OCH3 is 2. The monoisotopic (exact) mass is 1520 g/mol. The van der Waals surface area contributed by atoms with Gasteiger partial charge < -0.3 is 119 Å². The third-order valence-corrected chi connectivity index (χ3v) is 18.8. The van der Waals surface area contributed by atoms with Gasteiger partial charge in [0.2, 0.25) is 0 Å². The molecule has 14 aliphatic heterocycles. The van der Waals surface area contributed by atoms with Crippen molar-refractivity contribution in [1.29, 1.82) is 0 Å². The van der Waals surface area contributed by atoms with E-state index >= 15 is 0 Å². The molecule has 0 aliphatic carbocycles. The molecular weight excluding hydrogens is 1340 g/mol. The quantitative estimate of drug-likeness (QED) is 0.136. The Morgan fingerprint density at radius 2 is 0.783 bits per heavy atom. The Bertz CT molecular complexity index is 1480. The van der Waals surface area contributed by atoms with E-state index < -0.39 is 5.67 Å². The van der Waals surface area contributed by atoms with Gasteiger partial charge in [-0.2, -0.15) is 0 Å². The highest BCUT2D eigenvalue weighted by Gasteiger charge is 2.27. The maximum atomic E-state index is 12.5. The molecule has 17 N–H and O–H groups in total. The summed E-state index contributed by atoms with van der Waals surface area (Å²) in [6.07, 6.45) is 22.6. The van der Waals surface area contributed by atoms with Gasteiger partial charge in [0, 0.05) is 132 Å². The number of nitrogens with one attached hydrogen (secondary N) is 17. The van der Waals surface area contributed by atoms with Crippen LogP contribution < -0.4 is 90.4 Å². The predicted octanol–water partition coefficient (Wildman–Crippen LogP) is 4.98. The first-order valence-corrected chi connectivity index (χ1v) is 43.5. The number of piperazine rings is 2. The van der Waals surface area contributed by atoms with Gasteiger partial charge in [-0.05, 0) is 308 Å².